The molecule has 0 fully saturated rings. The highest BCUT2D eigenvalue weighted by Crippen LogP contribution is 2.23. The second-order valence-corrected chi connectivity index (χ2v) is 4.73. The third-order valence-corrected chi connectivity index (χ3v) is 3.13. The topological polar surface area (TPSA) is 88.9 Å². The molecule has 0 unspecified atom stereocenters. The molecule has 1 aliphatic heterocycles. The highest BCUT2D eigenvalue weighted by Gasteiger charge is 2.31. The molecule has 2 N–H and O–H groups in total. The molecule has 1 atom stereocenters. The van der Waals surface area contributed by atoms with Crippen LogP contribution in [0.5, 0.6) is 0 Å². The third kappa shape index (κ3) is 2.35. The van der Waals surface area contributed by atoms with Crippen molar-refractivity contribution in [3.8, 4) is 0 Å². The van der Waals surface area contributed by atoms with Crippen molar-refractivity contribution in [3.63, 3.8) is 0 Å². The van der Waals surface area contributed by atoms with Crippen LogP contribution in [0.1, 0.15) is 12.5 Å². The molecule has 0 spiro atoms. The Balaban J connectivity index is 1.83. The number of halogens is 1. The molecular weight excluding hydrogens is 282 g/mol. The van der Waals surface area contributed by atoms with Gasteiger partial charge in [0.25, 0.3) is 0 Å². The van der Waals surface area contributed by atoms with Crippen LogP contribution in [0.25, 0.3) is 0 Å². The summed E-state index contributed by atoms with van der Waals surface area (Å²) in [6.07, 6.45) is 1.31. The average molecular weight is 292 g/mol. The first kappa shape index (κ1) is 12.6. The second-order valence-electron chi connectivity index (χ2n) is 4.30. The summed E-state index contributed by atoms with van der Waals surface area (Å²) in [6, 6.07) is 6.06. The van der Waals surface area contributed by atoms with Gasteiger partial charge in [0.2, 0.25) is 17.8 Å². The van der Waals surface area contributed by atoms with Gasteiger partial charge in [0.1, 0.15) is 12.4 Å². The maximum absolute atomic E-state index is 12.3. The van der Waals surface area contributed by atoms with E-state index in [4.69, 9.17) is 11.6 Å². The van der Waals surface area contributed by atoms with Gasteiger partial charge >= 0.3 is 0 Å². The number of carbonyl (C=O) groups excluding carboxylic acids is 2. The molecule has 20 heavy (non-hydrogen) atoms. The standard InChI is InChI=1S/C12H10ClN5O2/c13-7-2-1-3-8(4-7)16-11(20)9-5-10(19)17-12-14-6-15-18(9)12/h1-4,6,9H,5H2,(H,16,20)(H,14,15,17,19)/t9-/m0/s1. The molecule has 3 rings (SSSR count). The quantitative estimate of drug-likeness (QED) is 0.876. The van der Waals surface area contributed by atoms with Crippen LogP contribution in [0.4, 0.5) is 11.6 Å². The van der Waals surface area contributed by atoms with Gasteiger partial charge in [0, 0.05) is 10.7 Å². The first-order valence-corrected chi connectivity index (χ1v) is 6.27. The number of hydrogen-bond donors (Lipinski definition) is 2. The lowest BCUT2D eigenvalue weighted by Crippen LogP contribution is -2.35. The molecule has 2 heterocycles. The summed E-state index contributed by atoms with van der Waals surface area (Å²) < 4.78 is 1.39. The van der Waals surface area contributed by atoms with Gasteiger partial charge in [-0.3, -0.25) is 14.9 Å². The van der Waals surface area contributed by atoms with Crippen LogP contribution in [0.3, 0.4) is 0 Å². The van der Waals surface area contributed by atoms with Crippen molar-refractivity contribution < 1.29 is 9.59 Å². The van der Waals surface area contributed by atoms with Crippen molar-refractivity contribution in [2.24, 2.45) is 0 Å². The Hall–Kier alpha value is -2.41. The van der Waals surface area contributed by atoms with Gasteiger partial charge in [-0.25, -0.2) is 4.68 Å². The van der Waals surface area contributed by atoms with Gasteiger partial charge < -0.3 is 5.32 Å². The Morgan fingerprint density at radius 2 is 2.35 bits per heavy atom. The van der Waals surface area contributed by atoms with Gasteiger partial charge in [-0.15, -0.1) is 0 Å². The molecular formula is C12H10ClN5O2. The predicted molar refractivity (Wildman–Crippen MR) is 72.4 cm³/mol. The fourth-order valence-electron chi connectivity index (χ4n) is 2.00. The van der Waals surface area contributed by atoms with E-state index in [0.717, 1.165) is 0 Å². The van der Waals surface area contributed by atoms with E-state index in [1.54, 1.807) is 24.3 Å². The lowest BCUT2D eigenvalue weighted by Gasteiger charge is -2.22. The first-order chi connectivity index (χ1) is 9.63. The lowest BCUT2D eigenvalue weighted by molar-refractivity contribution is -0.125. The summed E-state index contributed by atoms with van der Waals surface area (Å²) in [7, 11) is 0. The summed E-state index contributed by atoms with van der Waals surface area (Å²) in [5, 5.41) is 9.73. The molecule has 1 aromatic heterocycles. The molecule has 1 aromatic carbocycles. The zero-order chi connectivity index (χ0) is 14.1. The molecule has 2 aromatic rings. The van der Waals surface area contributed by atoms with Crippen LogP contribution >= 0.6 is 11.6 Å². The Labute approximate surface area is 118 Å². The third-order valence-electron chi connectivity index (χ3n) is 2.89. The van der Waals surface area contributed by atoms with Crippen LogP contribution in [-0.4, -0.2) is 26.6 Å². The van der Waals surface area contributed by atoms with E-state index in [2.05, 4.69) is 20.7 Å². The molecule has 7 nitrogen and oxygen atoms in total. The Bertz CT molecular complexity index is 684. The maximum Gasteiger partial charge on any atom is 0.249 e. The van der Waals surface area contributed by atoms with Crippen molar-refractivity contribution in [1.29, 1.82) is 0 Å². The molecule has 0 bridgehead atoms. The number of rotatable bonds is 2. The van der Waals surface area contributed by atoms with Crippen molar-refractivity contribution in [2.45, 2.75) is 12.5 Å². The van der Waals surface area contributed by atoms with E-state index in [1.165, 1.54) is 11.0 Å². The summed E-state index contributed by atoms with van der Waals surface area (Å²) >= 11 is 5.86. The number of amides is 2. The monoisotopic (exact) mass is 291 g/mol. The average Bonchev–Trinajstić information content (AvgIpc) is 2.85. The van der Waals surface area contributed by atoms with Crippen LogP contribution < -0.4 is 10.6 Å². The van der Waals surface area contributed by atoms with Gasteiger partial charge in [0.05, 0.1) is 6.42 Å². The maximum atomic E-state index is 12.3. The molecule has 102 valence electrons. The molecule has 0 radical (unpaired) electrons. The van der Waals surface area contributed by atoms with Crippen LogP contribution in [0.15, 0.2) is 30.6 Å². The van der Waals surface area contributed by atoms with E-state index in [9.17, 15) is 9.59 Å². The summed E-state index contributed by atoms with van der Waals surface area (Å²) in [6.45, 7) is 0. The van der Waals surface area contributed by atoms with E-state index >= 15 is 0 Å². The zero-order valence-corrected chi connectivity index (χ0v) is 11.0. The molecule has 0 saturated carbocycles. The first-order valence-electron chi connectivity index (χ1n) is 5.89. The van der Waals surface area contributed by atoms with Crippen LogP contribution in [0.2, 0.25) is 5.02 Å². The van der Waals surface area contributed by atoms with Gasteiger partial charge in [-0.1, -0.05) is 17.7 Å². The van der Waals surface area contributed by atoms with Crippen molar-refractivity contribution in [1.82, 2.24) is 14.8 Å². The number of benzene rings is 1. The fraction of sp³-hybridized carbons (Fsp3) is 0.167. The van der Waals surface area contributed by atoms with E-state index in [1.807, 2.05) is 0 Å². The van der Waals surface area contributed by atoms with E-state index in [-0.39, 0.29) is 24.2 Å². The number of hydrogen-bond acceptors (Lipinski definition) is 4. The highest BCUT2D eigenvalue weighted by molar-refractivity contribution is 6.30. The van der Waals surface area contributed by atoms with Crippen LogP contribution in [0, 0.1) is 0 Å². The Morgan fingerprint density at radius 1 is 1.50 bits per heavy atom. The Kier molecular flexibility index (Phi) is 3.11. The number of anilines is 2. The van der Waals surface area contributed by atoms with Crippen molar-refractivity contribution in [3.05, 3.63) is 35.6 Å². The number of nitrogens with zero attached hydrogens (tertiary/aromatic N) is 3. The number of carbonyl (C=O) groups is 2. The molecule has 8 heteroatoms. The zero-order valence-electron chi connectivity index (χ0n) is 10.2. The fourth-order valence-corrected chi connectivity index (χ4v) is 2.19. The molecule has 2 amide bonds. The Morgan fingerprint density at radius 3 is 3.15 bits per heavy atom. The predicted octanol–water partition coefficient (Wildman–Crippen LogP) is 1.45. The number of aromatic nitrogens is 3. The van der Waals surface area contributed by atoms with Gasteiger partial charge in [0.15, 0.2) is 0 Å². The molecule has 1 aliphatic rings. The summed E-state index contributed by atoms with van der Waals surface area (Å²) in [5.74, 6) is -0.335. The number of nitrogens with one attached hydrogen (secondary N) is 2. The van der Waals surface area contributed by atoms with Crippen molar-refractivity contribution in [2.75, 3.05) is 10.6 Å². The second kappa shape index (κ2) is 4.93. The van der Waals surface area contributed by atoms with E-state index < -0.39 is 6.04 Å². The van der Waals surface area contributed by atoms with Crippen molar-refractivity contribution >= 4 is 35.1 Å². The molecule has 0 saturated heterocycles. The minimum atomic E-state index is -0.722. The highest BCUT2D eigenvalue weighted by atomic mass is 35.5. The summed E-state index contributed by atoms with van der Waals surface area (Å²) in [5.41, 5.74) is 0.565. The van der Waals surface area contributed by atoms with E-state index in [0.29, 0.717) is 10.7 Å². The summed E-state index contributed by atoms with van der Waals surface area (Å²) in [4.78, 5) is 27.7. The normalized spacial score (nSPS) is 17.2. The minimum absolute atomic E-state index is 0.0166. The molecule has 0 aliphatic carbocycles. The van der Waals surface area contributed by atoms with Gasteiger partial charge in [-0.2, -0.15) is 10.1 Å². The number of fused-ring (bicyclic) bond motifs is 1. The lowest BCUT2D eigenvalue weighted by atomic mass is 10.1. The van der Waals surface area contributed by atoms with Crippen LogP contribution in [-0.2, 0) is 9.59 Å². The smallest absolute Gasteiger partial charge is 0.249 e. The minimum Gasteiger partial charge on any atom is -0.324 e. The SMILES string of the molecule is O=C1C[C@@H](C(=O)Nc2cccc(Cl)c2)n2ncnc2N1. The van der Waals surface area contributed by atoms with Gasteiger partial charge in [-0.05, 0) is 18.2 Å². The largest absolute Gasteiger partial charge is 0.324 e.